The number of carbonyl (C=O) groups is 1. The normalized spacial score (nSPS) is 9.72. The molecule has 1 aromatic heterocycles. The molecule has 1 heterocycles. The Morgan fingerprint density at radius 2 is 1.64 bits per heavy atom. The number of nitrogens with zero attached hydrogens (tertiary/aromatic N) is 1. The number of aryl methyl sites for hydroxylation is 1. The highest BCUT2D eigenvalue weighted by molar-refractivity contribution is 5.64. The summed E-state index contributed by atoms with van der Waals surface area (Å²) in [5, 5.41) is 10.1. The maximum absolute atomic E-state index is 13.7. The van der Waals surface area contributed by atoms with E-state index >= 15 is 0 Å². The minimum atomic E-state index is -0.880. The Morgan fingerprint density at radius 1 is 1.00 bits per heavy atom. The second-order valence-electron chi connectivity index (χ2n) is 5.13. The van der Waals surface area contributed by atoms with Crippen molar-refractivity contribution in [1.82, 2.24) is 4.98 Å². The molecule has 0 atom stereocenters. The van der Waals surface area contributed by atoms with Gasteiger partial charge in [0.15, 0.2) is 11.6 Å². The number of pyridine rings is 1. The molecular weight excluding hydrogens is 326 g/mol. The molecule has 2 N–H and O–H groups in total. The lowest BCUT2D eigenvalue weighted by Crippen LogP contribution is -1.94. The Bertz CT molecular complexity index is 835. The van der Waals surface area contributed by atoms with Crippen molar-refractivity contribution >= 4 is 17.8 Å². The zero-order chi connectivity index (χ0) is 18.2. The quantitative estimate of drug-likeness (QED) is 0.673. The molecule has 4 nitrogen and oxygen atoms in total. The highest BCUT2D eigenvalue weighted by atomic mass is 19.2. The second-order valence-corrected chi connectivity index (χ2v) is 5.13. The number of hydrogen-bond donors (Lipinski definition) is 2. The highest BCUT2D eigenvalue weighted by Gasteiger charge is 2.10. The zero-order valence-corrected chi connectivity index (χ0v) is 13.4. The number of aromatic nitrogens is 1. The number of hydrogen-bond acceptors (Lipinski definition) is 3. The molecule has 128 valence electrons. The standard InChI is InChI=1S/C18H14F2N2.CH2O2/c1-12-5-7-13(8-6-12)22-14-9-10-17(21-11-14)15-3-2-4-16(19)18(15)20;2-1-3/h2-11,22H,1H3;1H,(H,2,3). The van der Waals surface area contributed by atoms with Gasteiger partial charge in [0, 0.05) is 11.3 Å². The lowest BCUT2D eigenvalue weighted by Gasteiger charge is -2.08. The van der Waals surface area contributed by atoms with Gasteiger partial charge in [0.25, 0.3) is 6.47 Å². The molecule has 3 rings (SSSR count). The predicted octanol–water partition coefficient (Wildman–Crippen LogP) is 4.78. The Labute approximate surface area is 143 Å². The Balaban J connectivity index is 0.000000701. The van der Waals surface area contributed by atoms with Crippen molar-refractivity contribution in [2.24, 2.45) is 0 Å². The van der Waals surface area contributed by atoms with Crippen molar-refractivity contribution in [2.45, 2.75) is 6.92 Å². The van der Waals surface area contributed by atoms with Crippen LogP contribution in [0, 0.1) is 18.6 Å². The largest absolute Gasteiger partial charge is 0.483 e. The SMILES string of the molecule is Cc1ccc(Nc2ccc(-c3cccc(F)c3F)nc2)cc1.O=CO. The molecule has 0 bridgehead atoms. The Hall–Kier alpha value is -3.28. The molecular formula is C19H16F2N2O2. The molecule has 0 aliphatic rings. The summed E-state index contributed by atoms with van der Waals surface area (Å²) >= 11 is 0. The summed E-state index contributed by atoms with van der Waals surface area (Å²) < 4.78 is 27.0. The first-order valence-electron chi connectivity index (χ1n) is 7.37. The van der Waals surface area contributed by atoms with Crippen LogP contribution < -0.4 is 5.32 Å². The maximum Gasteiger partial charge on any atom is 0.290 e. The van der Waals surface area contributed by atoms with Crippen molar-refractivity contribution in [1.29, 1.82) is 0 Å². The number of rotatable bonds is 3. The first kappa shape index (κ1) is 18.1. The third-order valence-electron chi connectivity index (χ3n) is 3.33. The maximum atomic E-state index is 13.7. The van der Waals surface area contributed by atoms with E-state index in [1.807, 2.05) is 31.2 Å². The number of halogens is 2. The van der Waals surface area contributed by atoms with Gasteiger partial charge in [-0.05, 0) is 43.3 Å². The third-order valence-corrected chi connectivity index (χ3v) is 3.33. The van der Waals surface area contributed by atoms with Gasteiger partial charge in [-0.2, -0.15) is 0 Å². The van der Waals surface area contributed by atoms with Crippen LogP contribution in [0.3, 0.4) is 0 Å². The van der Waals surface area contributed by atoms with E-state index in [1.54, 1.807) is 18.3 Å². The summed E-state index contributed by atoms with van der Waals surface area (Å²) in [6.45, 7) is 1.77. The fourth-order valence-corrected chi connectivity index (χ4v) is 2.13. The van der Waals surface area contributed by atoms with Crippen LogP contribution >= 0.6 is 0 Å². The van der Waals surface area contributed by atoms with E-state index in [2.05, 4.69) is 10.3 Å². The zero-order valence-electron chi connectivity index (χ0n) is 13.4. The van der Waals surface area contributed by atoms with Crippen LogP contribution in [0.4, 0.5) is 20.2 Å². The molecule has 0 saturated heterocycles. The fourth-order valence-electron chi connectivity index (χ4n) is 2.13. The summed E-state index contributed by atoms with van der Waals surface area (Å²) in [6.07, 6.45) is 1.60. The van der Waals surface area contributed by atoms with Crippen LogP contribution in [0.1, 0.15) is 5.56 Å². The van der Waals surface area contributed by atoms with Gasteiger partial charge < -0.3 is 10.4 Å². The van der Waals surface area contributed by atoms with Crippen molar-refractivity contribution in [3.63, 3.8) is 0 Å². The number of nitrogens with one attached hydrogen (secondary N) is 1. The lowest BCUT2D eigenvalue weighted by molar-refractivity contribution is -0.122. The number of anilines is 2. The molecule has 0 aliphatic carbocycles. The molecule has 0 spiro atoms. The summed E-state index contributed by atoms with van der Waals surface area (Å²) in [7, 11) is 0. The van der Waals surface area contributed by atoms with Crippen molar-refractivity contribution in [3.05, 3.63) is 78.0 Å². The van der Waals surface area contributed by atoms with Crippen molar-refractivity contribution < 1.29 is 18.7 Å². The van der Waals surface area contributed by atoms with E-state index in [0.717, 1.165) is 17.4 Å². The molecule has 0 amide bonds. The molecule has 25 heavy (non-hydrogen) atoms. The van der Waals surface area contributed by atoms with Crippen LogP contribution in [0.2, 0.25) is 0 Å². The van der Waals surface area contributed by atoms with E-state index in [4.69, 9.17) is 9.90 Å². The summed E-state index contributed by atoms with van der Waals surface area (Å²) in [6, 6.07) is 15.5. The van der Waals surface area contributed by atoms with Gasteiger partial charge in [0.2, 0.25) is 0 Å². The van der Waals surface area contributed by atoms with Crippen LogP contribution in [0.25, 0.3) is 11.3 Å². The van der Waals surface area contributed by atoms with E-state index in [1.165, 1.54) is 17.7 Å². The first-order valence-corrected chi connectivity index (χ1v) is 7.37. The van der Waals surface area contributed by atoms with Crippen molar-refractivity contribution in [2.75, 3.05) is 5.32 Å². The first-order chi connectivity index (χ1) is 12.0. The minimum absolute atomic E-state index is 0.155. The van der Waals surface area contributed by atoms with Gasteiger partial charge in [-0.25, -0.2) is 8.78 Å². The van der Waals surface area contributed by atoms with Crippen LogP contribution in [0.5, 0.6) is 0 Å². The second kappa shape index (κ2) is 8.54. The summed E-state index contributed by atoms with van der Waals surface area (Å²) in [5.41, 5.74) is 3.45. The lowest BCUT2D eigenvalue weighted by atomic mass is 10.1. The van der Waals surface area contributed by atoms with Crippen molar-refractivity contribution in [3.8, 4) is 11.3 Å². The predicted molar refractivity (Wildman–Crippen MR) is 92.7 cm³/mol. The molecule has 0 radical (unpaired) electrons. The topological polar surface area (TPSA) is 62.2 Å². The number of carboxylic acid groups (broad SMARTS) is 1. The molecule has 6 heteroatoms. The Kier molecular flexibility index (Phi) is 6.17. The van der Waals surface area contributed by atoms with Crippen LogP contribution in [-0.4, -0.2) is 16.6 Å². The average Bonchev–Trinajstić information content (AvgIpc) is 2.61. The molecule has 0 saturated carbocycles. The molecule has 3 aromatic rings. The van der Waals surface area contributed by atoms with Gasteiger partial charge >= 0.3 is 0 Å². The van der Waals surface area contributed by atoms with E-state index < -0.39 is 11.6 Å². The van der Waals surface area contributed by atoms with E-state index in [0.29, 0.717) is 5.69 Å². The molecule has 0 unspecified atom stereocenters. The highest BCUT2D eigenvalue weighted by Crippen LogP contribution is 2.24. The number of benzene rings is 2. The molecule has 2 aromatic carbocycles. The van der Waals surface area contributed by atoms with Gasteiger partial charge in [-0.15, -0.1) is 0 Å². The minimum Gasteiger partial charge on any atom is -0.483 e. The van der Waals surface area contributed by atoms with Crippen LogP contribution in [-0.2, 0) is 4.79 Å². The molecule has 0 fully saturated rings. The summed E-state index contributed by atoms with van der Waals surface area (Å²) in [5.74, 6) is -1.75. The van der Waals surface area contributed by atoms with E-state index in [-0.39, 0.29) is 12.0 Å². The van der Waals surface area contributed by atoms with Gasteiger partial charge in [-0.3, -0.25) is 9.78 Å². The third kappa shape index (κ3) is 4.84. The summed E-state index contributed by atoms with van der Waals surface area (Å²) in [4.78, 5) is 12.6. The van der Waals surface area contributed by atoms with E-state index in [9.17, 15) is 8.78 Å². The smallest absolute Gasteiger partial charge is 0.290 e. The fraction of sp³-hybridized carbons (Fsp3) is 0.0526. The Morgan fingerprint density at radius 3 is 2.24 bits per heavy atom. The van der Waals surface area contributed by atoms with Gasteiger partial charge in [0.1, 0.15) is 0 Å². The van der Waals surface area contributed by atoms with Gasteiger partial charge in [-0.1, -0.05) is 23.8 Å². The molecule has 0 aliphatic heterocycles. The average molecular weight is 342 g/mol. The van der Waals surface area contributed by atoms with Gasteiger partial charge in [0.05, 0.1) is 17.6 Å². The monoisotopic (exact) mass is 342 g/mol. The van der Waals surface area contributed by atoms with Crippen LogP contribution in [0.15, 0.2) is 60.8 Å².